The van der Waals surface area contributed by atoms with E-state index in [9.17, 15) is 19.0 Å². The minimum Gasteiger partial charge on any atom is -0.756 e. The number of benzene rings is 5. The molecule has 0 bridgehead atoms. The normalized spacial score (nSPS) is 13.4. The Bertz CT molecular complexity index is 7550. The highest BCUT2D eigenvalue weighted by Crippen LogP contribution is 2.39. The zero-order valence-corrected chi connectivity index (χ0v) is 82.6. The molecule has 35 heteroatoms. The number of hydrogen-bond donors (Lipinski definition) is 3. The number of carbonyl (C=O) groups is 2. The number of nitrogen functional groups attached to an aromatic ring is 1. The number of hydrogen-bond acceptors (Lipinski definition) is 31. The standard InChI is InChI=1S/C43H35N7O4.C39H35N6O7P.C31H34N4O6/c1-3-19-44-40(9-1)51-27-32-15-11-30(12-16-32)23-34-25-38(53-47-34)36-7-5-21-49-29-50-22-6-8-37(43(50)46-42(36)49)39-26-35(48-54-39)24-31-13-17-33(18-14-31)28-52-41-10-2-4-20-45-41;40-38-33(6-4-18-45(38)26-51-53(46,47)48)36-22-32(44-52-36)20-28-8-12-29(13-9-28)23-43-39-34(5-3-17-42-39)35-21-31(25-49-35)19-27-10-14-30(15-11-27)24-50-37-7-1-2-16-41-37;1-30(2,3)39-28(36)35(29(37)40-31(4,5)6)27-24(10-9-17-33-27)25-19-23(34-41-25)18-21-12-14-22(15-13-21)20-38-26-11-7-8-16-32-26/h1-22,25-26,42H,23-24,27-29H2;1-18,21-22,25,40H,19-20,23-24,26H2,(H3,42,43,46,47,48);7-17,19H,18,20H2,1-6H3. The second kappa shape index (κ2) is 46.7. The van der Waals surface area contributed by atoms with Crippen molar-refractivity contribution in [3.8, 4) is 57.5 Å². The van der Waals surface area contributed by atoms with Crippen molar-refractivity contribution in [1.82, 2.24) is 60.3 Å². The predicted molar refractivity (Wildman–Crippen MR) is 549 cm³/mol. The lowest BCUT2D eigenvalue weighted by Gasteiger charge is -2.41. The lowest BCUT2D eigenvalue weighted by molar-refractivity contribution is -0.713. The molecule has 2 atom stereocenters. The second-order valence-electron chi connectivity index (χ2n) is 36.6. The van der Waals surface area contributed by atoms with Crippen LogP contribution in [0.2, 0.25) is 0 Å². The monoisotopic (exact) mass is 2000 g/mol. The van der Waals surface area contributed by atoms with Gasteiger partial charge in [0.05, 0.1) is 58.6 Å². The minimum absolute atomic E-state index is 0.0101. The van der Waals surface area contributed by atoms with Gasteiger partial charge in [-0.05, 0) is 194 Å². The highest BCUT2D eigenvalue weighted by molar-refractivity contribution is 7.44. The Balaban J connectivity index is 0.000000147. The van der Waals surface area contributed by atoms with E-state index in [1.165, 1.54) is 17.0 Å². The second-order valence-corrected chi connectivity index (χ2v) is 37.8. The number of carbonyl (C=O) groups excluding carboxylic acids is 2. The number of amidine groups is 1. The van der Waals surface area contributed by atoms with E-state index in [4.69, 9.17) is 66.6 Å². The number of phosphoric ester groups is 1. The number of allylic oxidation sites excluding steroid dienone is 4. The van der Waals surface area contributed by atoms with E-state index in [-0.39, 0.29) is 17.8 Å². The van der Waals surface area contributed by atoms with E-state index in [0.717, 1.165) is 118 Å². The van der Waals surface area contributed by atoms with Gasteiger partial charge < -0.3 is 75.8 Å². The van der Waals surface area contributed by atoms with Crippen LogP contribution in [0.5, 0.6) is 23.5 Å². The summed E-state index contributed by atoms with van der Waals surface area (Å²) >= 11 is 0. The van der Waals surface area contributed by atoms with Gasteiger partial charge in [0, 0.05) is 142 Å². The first-order valence-electron chi connectivity index (χ1n) is 47.5. The molecular weight excluding hydrogens is 1900 g/mol. The Morgan fingerprint density at radius 1 is 0.459 bits per heavy atom. The molecule has 20 rings (SSSR count). The van der Waals surface area contributed by atoms with Gasteiger partial charge in [0.25, 0.3) is 13.6 Å². The fourth-order valence-corrected chi connectivity index (χ4v) is 16.1. The van der Waals surface area contributed by atoms with Gasteiger partial charge in [0.2, 0.25) is 23.5 Å². The number of ether oxygens (including phenoxy) is 6. The third-order valence-electron chi connectivity index (χ3n) is 23.0. The maximum atomic E-state index is 13.2. The molecular formula is C113H104N17O17P. The first kappa shape index (κ1) is 100. The van der Waals surface area contributed by atoms with Gasteiger partial charge in [-0.15, -0.1) is 0 Å². The Hall–Kier alpha value is -17.9. The van der Waals surface area contributed by atoms with Crippen molar-refractivity contribution in [2.24, 2.45) is 4.99 Å². The topological polar surface area (TPSA) is 418 Å². The van der Waals surface area contributed by atoms with Crippen molar-refractivity contribution in [3.63, 3.8) is 0 Å². The molecule has 3 aliphatic rings. The van der Waals surface area contributed by atoms with Crippen LogP contribution in [0.1, 0.15) is 137 Å². The molecule has 0 saturated carbocycles. The number of imide groups is 1. The summed E-state index contributed by atoms with van der Waals surface area (Å²) in [4.78, 5) is 82.3. The van der Waals surface area contributed by atoms with E-state index in [1.807, 2.05) is 182 Å². The molecule has 5 aromatic carbocycles. The summed E-state index contributed by atoms with van der Waals surface area (Å²) < 4.78 is 79.8. The summed E-state index contributed by atoms with van der Waals surface area (Å²) in [7, 11) is -4.91. The number of fused-ring (bicyclic) bond motifs is 2. The lowest BCUT2D eigenvalue weighted by Crippen LogP contribution is -2.48. The number of nitrogens with zero attached hydrogens (tertiary/aromatic N) is 15. The van der Waals surface area contributed by atoms with E-state index in [1.54, 1.807) is 115 Å². The quantitative estimate of drug-likeness (QED) is 0.0249. The van der Waals surface area contributed by atoms with Gasteiger partial charge in [-0.3, -0.25) is 14.8 Å². The fourth-order valence-electron chi connectivity index (χ4n) is 15.9. The molecule has 4 N–H and O–H groups in total. The molecule has 15 heterocycles. The van der Waals surface area contributed by atoms with Crippen LogP contribution < -0.4 is 44.4 Å². The number of aliphatic imine (C=N–C) groups is 1. The summed E-state index contributed by atoms with van der Waals surface area (Å²) in [6.07, 6.45) is 26.5. The number of nitrogens with one attached hydrogen (secondary N) is 1. The van der Waals surface area contributed by atoms with Crippen LogP contribution >= 0.6 is 7.82 Å². The van der Waals surface area contributed by atoms with Gasteiger partial charge in [-0.2, -0.15) is 4.90 Å². The Labute approximate surface area is 852 Å². The van der Waals surface area contributed by atoms with Gasteiger partial charge in [0.1, 0.15) is 60.6 Å². The molecule has 3 aliphatic heterocycles. The van der Waals surface area contributed by atoms with Gasteiger partial charge in [0.15, 0.2) is 41.8 Å². The number of pyridine rings is 7. The summed E-state index contributed by atoms with van der Waals surface area (Å²) in [5, 5.41) is 20.7. The Morgan fingerprint density at radius 2 is 0.872 bits per heavy atom. The first-order valence-corrected chi connectivity index (χ1v) is 49.0. The van der Waals surface area contributed by atoms with Crippen LogP contribution in [0.15, 0.2) is 375 Å². The number of nitrogens with two attached hydrogens (primary N) is 1. The Kier molecular flexibility index (Phi) is 31.6. The summed E-state index contributed by atoms with van der Waals surface area (Å²) in [6.45, 7) is 12.7. The lowest BCUT2D eigenvalue weighted by atomic mass is 10.0. The number of phosphoric acid groups is 1. The van der Waals surface area contributed by atoms with Crippen molar-refractivity contribution < 1.29 is 84.0 Å². The SMILES string of the molecule is C1=CN2CN3C=CC=C(c4cc(Cc5ccc(COc6ccccn6)cc5)no4)C3N=C2C(c2cc(Cc3ccc(COc4ccccn4)cc3)no2)=C1.CC(C)(C)OC(=O)N(C(=O)OC(C)(C)C)c1ncccc1-c1cc(Cc2ccc(COc3ccccn3)cc2)no1.Nc1c(-c2cc(Cc3ccc(CNc4ncccc4-c4cc(Cc5ccc(COc6ccccn6)cc5)co4)cc3)no2)ccc[n+]1COP(=O)([O-])O. The van der Waals surface area contributed by atoms with E-state index < -0.39 is 37.9 Å². The molecule has 0 radical (unpaired) electrons. The third kappa shape index (κ3) is 27.6. The average Bonchev–Trinajstić information content (AvgIpc) is 1.51. The fraction of sp³-hybridized carbons (Fsp3) is 0.186. The molecule has 748 valence electrons. The van der Waals surface area contributed by atoms with Crippen LogP contribution in [0.25, 0.3) is 45.1 Å². The first-order chi connectivity index (χ1) is 71.8. The molecule has 2 unspecified atom stereocenters. The van der Waals surface area contributed by atoms with Crippen molar-refractivity contribution in [2.75, 3.05) is 22.6 Å². The molecule has 34 nitrogen and oxygen atoms in total. The Morgan fingerprint density at radius 3 is 1.34 bits per heavy atom. The van der Waals surface area contributed by atoms with Gasteiger partial charge in [-0.25, -0.2) is 49.1 Å². The number of anilines is 3. The highest BCUT2D eigenvalue weighted by atomic mass is 31.2. The van der Waals surface area contributed by atoms with Crippen molar-refractivity contribution in [3.05, 3.63) is 443 Å². The molecule has 148 heavy (non-hydrogen) atoms. The molecule has 0 spiro atoms. The van der Waals surface area contributed by atoms with Crippen LogP contribution in [0.4, 0.5) is 27.0 Å². The van der Waals surface area contributed by atoms with Crippen LogP contribution in [-0.2, 0) is 90.4 Å². The minimum atomic E-state index is -4.91. The van der Waals surface area contributed by atoms with Gasteiger partial charge >= 0.3 is 12.2 Å². The summed E-state index contributed by atoms with van der Waals surface area (Å²) in [6, 6.07) is 83.6. The van der Waals surface area contributed by atoms with E-state index in [0.29, 0.717) is 134 Å². The molecule has 0 fully saturated rings. The van der Waals surface area contributed by atoms with Crippen LogP contribution in [0, 0.1) is 0 Å². The zero-order chi connectivity index (χ0) is 102. The zero-order valence-electron chi connectivity index (χ0n) is 81.7. The van der Waals surface area contributed by atoms with E-state index >= 15 is 0 Å². The van der Waals surface area contributed by atoms with Crippen molar-refractivity contribution in [1.29, 1.82) is 0 Å². The van der Waals surface area contributed by atoms with Crippen LogP contribution in [-0.4, -0.2) is 107 Å². The largest absolute Gasteiger partial charge is 0.756 e. The molecule has 0 saturated heterocycles. The predicted octanol–water partition coefficient (Wildman–Crippen LogP) is 20.7. The van der Waals surface area contributed by atoms with Crippen molar-refractivity contribution >= 4 is 54.4 Å². The molecule has 17 aromatic rings. The number of aromatic nitrogens is 11. The maximum Gasteiger partial charge on any atom is 0.425 e. The van der Waals surface area contributed by atoms with Crippen LogP contribution in [0.3, 0.4) is 0 Å². The maximum absolute atomic E-state index is 13.2. The molecule has 12 aromatic heterocycles. The van der Waals surface area contributed by atoms with E-state index in [2.05, 4.69) is 149 Å². The smallest absolute Gasteiger partial charge is 0.425 e. The summed E-state index contributed by atoms with van der Waals surface area (Å²) in [5.41, 5.74) is 22.9. The number of furan rings is 1. The van der Waals surface area contributed by atoms with Crippen molar-refractivity contribution in [2.45, 2.75) is 131 Å². The molecule has 2 amide bonds. The third-order valence-corrected chi connectivity index (χ3v) is 23.5. The highest BCUT2D eigenvalue weighted by Gasteiger charge is 2.38. The summed E-state index contributed by atoms with van der Waals surface area (Å²) in [5.74, 6) is 6.95. The average molecular weight is 2000 g/mol. The van der Waals surface area contributed by atoms with Gasteiger partial charge in [-0.1, -0.05) is 166 Å². The molecule has 0 aliphatic carbocycles. The number of rotatable bonds is 34. The number of amides is 2.